The van der Waals surface area contributed by atoms with Crippen molar-refractivity contribution >= 4 is 17.3 Å². The Balaban J connectivity index is 1.60. The number of thiazole rings is 1. The van der Waals surface area contributed by atoms with Crippen LogP contribution in [0.25, 0.3) is 0 Å². The molecule has 104 valence electrons. The first kappa shape index (κ1) is 12.9. The monoisotopic (exact) mass is 292 g/mol. The third-order valence-corrected chi connectivity index (χ3v) is 3.71. The minimum Gasteiger partial charge on any atom is -0.476 e. The highest BCUT2D eigenvalue weighted by Gasteiger charge is 2.16. The molecular weight excluding hydrogens is 280 g/mol. The highest BCUT2D eigenvalue weighted by molar-refractivity contribution is 7.11. The molecule has 0 atom stereocenters. The van der Waals surface area contributed by atoms with Gasteiger partial charge >= 0.3 is 5.97 Å². The number of carboxylic acids is 1. The third-order valence-electron chi connectivity index (χ3n) is 2.83. The Morgan fingerprint density at radius 1 is 1.40 bits per heavy atom. The van der Waals surface area contributed by atoms with E-state index in [-0.39, 0.29) is 11.8 Å². The number of hydrogen-bond acceptors (Lipinski definition) is 6. The number of fused-ring (bicyclic) bond motifs is 1. The van der Waals surface area contributed by atoms with Gasteiger partial charge in [0.15, 0.2) is 11.5 Å². The normalized spacial score (nSPS) is 12.6. The summed E-state index contributed by atoms with van der Waals surface area (Å²) < 4.78 is 10.7. The topological polar surface area (TPSA) is 80.7 Å². The lowest BCUT2D eigenvalue weighted by atomic mass is 10.2. The molecule has 0 radical (unpaired) electrons. The zero-order chi connectivity index (χ0) is 13.9. The Bertz CT molecular complexity index is 641. The van der Waals surface area contributed by atoms with E-state index in [4.69, 9.17) is 14.6 Å². The molecule has 1 aliphatic heterocycles. The van der Waals surface area contributed by atoms with Crippen molar-refractivity contribution in [1.29, 1.82) is 0 Å². The molecule has 0 amide bonds. The smallest absolute Gasteiger partial charge is 0.365 e. The van der Waals surface area contributed by atoms with Crippen LogP contribution in [0.5, 0.6) is 11.5 Å². The Morgan fingerprint density at radius 2 is 2.30 bits per heavy atom. The van der Waals surface area contributed by atoms with E-state index in [0.717, 1.165) is 34.1 Å². The highest BCUT2D eigenvalue weighted by atomic mass is 32.1. The number of rotatable bonds is 5. The molecule has 0 spiro atoms. The van der Waals surface area contributed by atoms with E-state index in [0.29, 0.717) is 13.1 Å². The summed E-state index contributed by atoms with van der Waals surface area (Å²) in [4.78, 5) is 14.7. The molecule has 20 heavy (non-hydrogen) atoms. The number of hydrogen-bond donors (Lipinski definition) is 2. The fourth-order valence-electron chi connectivity index (χ4n) is 1.94. The van der Waals surface area contributed by atoms with Crippen LogP contribution in [0.1, 0.15) is 21.1 Å². The SMILES string of the molecule is O=C(O)c1nc(CNCc2cccc3c2OCO3)cs1. The summed E-state index contributed by atoms with van der Waals surface area (Å²) in [5, 5.41) is 13.9. The lowest BCUT2D eigenvalue weighted by molar-refractivity contribution is 0.0696. The fraction of sp³-hybridized carbons (Fsp3) is 0.231. The summed E-state index contributed by atoms with van der Waals surface area (Å²) in [7, 11) is 0. The second-order valence-electron chi connectivity index (χ2n) is 4.20. The molecule has 2 aromatic rings. The average Bonchev–Trinajstić information content (AvgIpc) is 3.07. The number of carboxylic acid groups (broad SMARTS) is 1. The highest BCUT2D eigenvalue weighted by Crippen LogP contribution is 2.35. The van der Waals surface area contributed by atoms with E-state index in [2.05, 4.69) is 10.3 Å². The van der Waals surface area contributed by atoms with Crippen LogP contribution in [0.2, 0.25) is 0 Å². The molecular formula is C13H12N2O4S. The van der Waals surface area contributed by atoms with Gasteiger partial charge in [-0.05, 0) is 6.07 Å². The second-order valence-corrected chi connectivity index (χ2v) is 5.06. The summed E-state index contributed by atoms with van der Waals surface area (Å²) >= 11 is 1.13. The Kier molecular flexibility index (Phi) is 3.53. The fourth-order valence-corrected chi connectivity index (χ4v) is 2.60. The standard InChI is InChI=1S/C13H12N2O4S/c16-13(17)12-15-9(6-20-12)5-14-4-8-2-1-3-10-11(8)19-7-18-10/h1-3,6,14H,4-5,7H2,(H,16,17). The molecule has 1 aromatic heterocycles. The van der Waals surface area contributed by atoms with Gasteiger partial charge in [-0.2, -0.15) is 0 Å². The Morgan fingerprint density at radius 3 is 3.10 bits per heavy atom. The van der Waals surface area contributed by atoms with Crippen LogP contribution in [-0.4, -0.2) is 22.9 Å². The van der Waals surface area contributed by atoms with Gasteiger partial charge in [0.1, 0.15) is 0 Å². The number of para-hydroxylation sites is 1. The van der Waals surface area contributed by atoms with Crippen LogP contribution in [0.4, 0.5) is 0 Å². The summed E-state index contributed by atoms with van der Waals surface area (Å²) in [6, 6.07) is 5.74. The van der Waals surface area contributed by atoms with E-state index in [1.807, 2.05) is 18.2 Å². The van der Waals surface area contributed by atoms with E-state index in [9.17, 15) is 4.79 Å². The number of nitrogens with zero attached hydrogens (tertiary/aromatic N) is 1. The molecule has 0 unspecified atom stereocenters. The van der Waals surface area contributed by atoms with Crippen molar-refractivity contribution < 1.29 is 19.4 Å². The first-order chi connectivity index (χ1) is 9.74. The minimum absolute atomic E-state index is 0.110. The molecule has 2 N–H and O–H groups in total. The lowest BCUT2D eigenvalue weighted by Crippen LogP contribution is -2.13. The third kappa shape index (κ3) is 2.59. The predicted octanol–water partition coefficient (Wildman–Crippen LogP) is 1.86. The zero-order valence-corrected chi connectivity index (χ0v) is 11.3. The summed E-state index contributed by atoms with van der Waals surface area (Å²) in [5.74, 6) is 0.531. The molecule has 2 heterocycles. The summed E-state index contributed by atoms with van der Waals surface area (Å²) in [6.07, 6.45) is 0. The van der Waals surface area contributed by atoms with Gasteiger partial charge in [-0.3, -0.25) is 0 Å². The zero-order valence-electron chi connectivity index (χ0n) is 10.5. The number of aromatic nitrogens is 1. The van der Waals surface area contributed by atoms with Crippen LogP contribution in [0, 0.1) is 0 Å². The number of aromatic carboxylic acids is 1. The molecule has 7 heteroatoms. The van der Waals surface area contributed by atoms with Gasteiger partial charge in [-0.25, -0.2) is 9.78 Å². The van der Waals surface area contributed by atoms with E-state index < -0.39 is 5.97 Å². The Hall–Kier alpha value is -2.12. The molecule has 0 fully saturated rings. The van der Waals surface area contributed by atoms with Gasteiger partial charge in [-0.1, -0.05) is 12.1 Å². The average molecular weight is 292 g/mol. The van der Waals surface area contributed by atoms with Crippen LogP contribution < -0.4 is 14.8 Å². The maximum atomic E-state index is 10.7. The van der Waals surface area contributed by atoms with E-state index in [1.54, 1.807) is 5.38 Å². The lowest BCUT2D eigenvalue weighted by Gasteiger charge is -2.06. The number of ether oxygens (including phenoxy) is 2. The maximum Gasteiger partial charge on any atom is 0.365 e. The molecule has 1 aromatic carbocycles. The molecule has 6 nitrogen and oxygen atoms in total. The van der Waals surface area contributed by atoms with Crippen molar-refractivity contribution in [2.24, 2.45) is 0 Å². The molecule has 1 aliphatic rings. The largest absolute Gasteiger partial charge is 0.476 e. The second kappa shape index (κ2) is 5.48. The van der Waals surface area contributed by atoms with Crippen LogP contribution in [0.15, 0.2) is 23.6 Å². The number of nitrogens with one attached hydrogen (secondary N) is 1. The van der Waals surface area contributed by atoms with Crippen molar-refractivity contribution in [2.45, 2.75) is 13.1 Å². The number of carbonyl (C=O) groups is 1. The van der Waals surface area contributed by atoms with Gasteiger partial charge < -0.3 is 19.9 Å². The minimum atomic E-state index is -0.993. The van der Waals surface area contributed by atoms with Gasteiger partial charge in [0.25, 0.3) is 0 Å². The summed E-state index contributed by atoms with van der Waals surface area (Å²) in [6.45, 7) is 1.36. The molecule has 3 rings (SSSR count). The first-order valence-electron chi connectivity index (χ1n) is 6.00. The number of benzene rings is 1. The van der Waals surface area contributed by atoms with Gasteiger partial charge in [0.05, 0.1) is 5.69 Å². The van der Waals surface area contributed by atoms with Crippen molar-refractivity contribution in [3.05, 3.63) is 39.8 Å². The maximum absolute atomic E-state index is 10.7. The van der Waals surface area contributed by atoms with Crippen LogP contribution in [0.3, 0.4) is 0 Å². The predicted molar refractivity (Wildman–Crippen MR) is 72.2 cm³/mol. The van der Waals surface area contributed by atoms with Crippen LogP contribution in [-0.2, 0) is 13.1 Å². The van der Waals surface area contributed by atoms with Gasteiger partial charge in [0.2, 0.25) is 11.8 Å². The quantitative estimate of drug-likeness (QED) is 0.875. The van der Waals surface area contributed by atoms with Gasteiger partial charge in [-0.15, -0.1) is 11.3 Å². The molecule has 0 bridgehead atoms. The first-order valence-corrected chi connectivity index (χ1v) is 6.88. The molecule has 0 aliphatic carbocycles. The van der Waals surface area contributed by atoms with Crippen molar-refractivity contribution in [3.8, 4) is 11.5 Å². The Labute approximate surface area is 119 Å². The molecule has 0 saturated heterocycles. The van der Waals surface area contributed by atoms with Crippen molar-refractivity contribution in [2.75, 3.05) is 6.79 Å². The van der Waals surface area contributed by atoms with Crippen molar-refractivity contribution in [1.82, 2.24) is 10.3 Å². The van der Waals surface area contributed by atoms with Crippen LogP contribution >= 0.6 is 11.3 Å². The van der Waals surface area contributed by atoms with E-state index >= 15 is 0 Å². The van der Waals surface area contributed by atoms with E-state index in [1.165, 1.54) is 0 Å². The summed E-state index contributed by atoms with van der Waals surface area (Å²) in [5.41, 5.74) is 1.73. The molecule has 0 saturated carbocycles. The van der Waals surface area contributed by atoms with Crippen molar-refractivity contribution in [3.63, 3.8) is 0 Å². The van der Waals surface area contributed by atoms with Gasteiger partial charge in [0, 0.05) is 24.0 Å².